The molecular weight excluding hydrogens is 350 g/mol. The standard InChI is InChI=1S/C19H19N3O5/c1-26-15-8-4-5-9-16(15)27-12-17(23)20-10-11-22-14-7-3-2-6-13(14)21-18(24)19(22)25/h2-9H,10-12H2,1H3,(H,20,23)(H,21,24). The molecule has 0 atom stereocenters. The molecule has 0 aliphatic heterocycles. The number of amides is 1. The molecule has 0 aliphatic rings. The van der Waals surface area contributed by atoms with Gasteiger partial charge in [-0.1, -0.05) is 24.3 Å². The van der Waals surface area contributed by atoms with Crippen LogP contribution in [0.5, 0.6) is 11.5 Å². The minimum absolute atomic E-state index is 0.170. The highest BCUT2D eigenvalue weighted by Gasteiger charge is 2.09. The second kappa shape index (κ2) is 8.22. The molecule has 0 aliphatic carbocycles. The summed E-state index contributed by atoms with van der Waals surface area (Å²) in [4.78, 5) is 38.4. The molecule has 0 radical (unpaired) electrons. The SMILES string of the molecule is COc1ccccc1OCC(=O)NCCn1c(=O)c(=O)[nH]c2ccccc21. The fraction of sp³-hybridized carbons (Fsp3) is 0.211. The van der Waals surface area contributed by atoms with Gasteiger partial charge in [-0.15, -0.1) is 0 Å². The van der Waals surface area contributed by atoms with Crippen molar-refractivity contribution in [1.82, 2.24) is 14.9 Å². The van der Waals surface area contributed by atoms with Crippen LogP contribution in [-0.4, -0.2) is 35.7 Å². The van der Waals surface area contributed by atoms with Gasteiger partial charge in [0, 0.05) is 13.1 Å². The third-order valence-corrected chi connectivity index (χ3v) is 3.97. The van der Waals surface area contributed by atoms with Gasteiger partial charge in [-0.2, -0.15) is 0 Å². The highest BCUT2D eigenvalue weighted by molar-refractivity contribution is 5.77. The van der Waals surface area contributed by atoms with Crippen molar-refractivity contribution in [2.45, 2.75) is 6.54 Å². The van der Waals surface area contributed by atoms with E-state index in [1.54, 1.807) is 48.5 Å². The largest absolute Gasteiger partial charge is 0.493 e. The van der Waals surface area contributed by atoms with Crippen LogP contribution in [0.15, 0.2) is 58.1 Å². The first kappa shape index (κ1) is 18.2. The summed E-state index contributed by atoms with van der Waals surface area (Å²) in [5.74, 6) is 0.655. The Morgan fingerprint density at radius 3 is 2.56 bits per heavy atom. The molecule has 27 heavy (non-hydrogen) atoms. The molecule has 1 aromatic heterocycles. The summed E-state index contributed by atoms with van der Waals surface area (Å²) in [6.07, 6.45) is 0. The number of carbonyl (C=O) groups is 1. The Kier molecular flexibility index (Phi) is 5.55. The van der Waals surface area contributed by atoms with Gasteiger partial charge in [0.2, 0.25) is 0 Å². The zero-order valence-corrected chi connectivity index (χ0v) is 14.7. The highest BCUT2D eigenvalue weighted by atomic mass is 16.5. The fourth-order valence-corrected chi connectivity index (χ4v) is 2.68. The van der Waals surface area contributed by atoms with Crippen molar-refractivity contribution in [1.29, 1.82) is 0 Å². The van der Waals surface area contributed by atoms with Crippen molar-refractivity contribution < 1.29 is 14.3 Å². The molecule has 1 amide bonds. The van der Waals surface area contributed by atoms with Gasteiger partial charge in [0.05, 0.1) is 18.1 Å². The predicted octanol–water partition coefficient (Wildman–Crippen LogP) is 0.894. The summed E-state index contributed by atoms with van der Waals surface area (Å²) in [7, 11) is 1.52. The number of rotatable bonds is 7. The van der Waals surface area contributed by atoms with E-state index >= 15 is 0 Å². The molecule has 3 aromatic rings. The molecule has 0 spiro atoms. The summed E-state index contributed by atoms with van der Waals surface area (Å²) in [6.45, 7) is 0.163. The van der Waals surface area contributed by atoms with Crippen LogP contribution in [0.3, 0.4) is 0 Å². The maximum Gasteiger partial charge on any atom is 0.316 e. The lowest BCUT2D eigenvalue weighted by Crippen LogP contribution is -2.39. The Bertz CT molecular complexity index is 1070. The summed E-state index contributed by atoms with van der Waals surface area (Å²) >= 11 is 0. The smallest absolute Gasteiger partial charge is 0.316 e. The van der Waals surface area contributed by atoms with Gasteiger partial charge < -0.3 is 24.3 Å². The molecule has 8 nitrogen and oxygen atoms in total. The molecule has 2 N–H and O–H groups in total. The number of nitrogens with one attached hydrogen (secondary N) is 2. The van der Waals surface area contributed by atoms with Gasteiger partial charge in [0.15, 0.2) is 18.1 Å². The van der Waals surface area contributed by atoms with Crippen LogP contribution in [0.4, 0.5) is 0 Å². The van der Waals surface area contributed by atoms with Gasteiger partial charge in [-0.05, 0) is 24.3 Å². The average Bonchev–Trinajstić information content (AvgIpc) is 2.69. The van der Waals surface area contributed by atoms with E-state index in [9.17, 15) is 14.4 Å². The molecular formula is C19H19N3O5. The Hall–Kier alpha value is -3.55. The summed E-state index contributed by atoms with van der Waals surface area (Å²) in [5.41, 5.74) is -0.192. The van der Waals surface area contributed by atoms with Crippen molar-refractivity contribution in [3.05, 3.63) is 69.2 Å². The molecule has 0 saturated heterocycles. The highest BCUT2D eigenvalue weighted by Crippen LogP contribution is 2.25. The monoisotopic (exact) mass is 369 g/mol. The van der Waals surface area contributed by atoms with Crippen LogP contribution in [0.1, 0.15) is 0 Å². The lowest BCUT2D eigenvalue weighted by atomic mass is 10.3. The van der Waals surface area contributed by atoms with Crippen molar-refractivity contribution >= 4 is 16.9 Å². The van der Waals surface area contributed by atoms with Crippen LogP contribution < -0.4 is 25.9 Å². The number of methoxy groups -OCH3 is 1. The second-order valence-corrected chi connectivity index (χ2v) is 5.72. The number of para-hydroxylation sites is 4. The van der Waals surface area contributed by atoms with E-state index in [2.05, 4.69) is 10.3 Å². The first-order chi connectivity index (χ1) is 13.1. The van der Waals surface area contributed by atoms with Crippen LogP contribution >= 0.6 is 0 Å². The van der Waals surface area contributed by atoms with Gasteiger partial charge in [-0.25, -0.2) is 0 Å². The summed E-state index contributed by atoms with van der Waals surface area (Å²) < 4.78 is 11.9. The Morgan fingerprint density at radius 2 is 1.78 bits per heavy atom. The Morgan fingerprint density at radius 1 is 1.07 bits per heavy atom. The molecule has 1 heterocycles. The third kappa shape index (κ3) is 4.17. The van der Waals surface area contributed by atoms with Gasteiger partial charge in [-0.3, -0.25) is 14.4 Å². The van der Waals surface area contributed by atoms with E-state index in [1.807, 2.05) is 0 Å². The first-order valence-electron chi connectivity index (χ1n) is 8.34. The maximum atomic E-state index is 12.1. The fourth-order valence-electron chi connectivity index (χ4n) is 2.68. The number of ether oxygens (including phenoxy) is 2. The average molecular weight is 369 g/mol. The van der Waals surface area contributed by atoms with Crippen molar-refractivity contribution in [3.8, 4) is 11.5 Å². The van der Waals surface area contributed by atoms with Crippen LogP contribution in [0.2, 0.25) is 0 Å². The van der Waals surface area contributed by atoms with Gasteiger partial charge in [0.1, 0.15) is 0 Å². The van der Waals surface area contributed by atoms with E-state index in [1.165, 1.54) is 11.7 Å². The number of carbonyl (C=O) groups excluding carboxylic acids is 1. The van der Waals surface area contributed by atoms with Crippen molar-refractivity contribution in [3.63, 3.8) is 0 Å². The van der Waals surface area contributed by atoms with E-state index < -0.39 is 11.1 Å². The minimum atomic E-state index is -0.695. The van der Waals surface area contributed by atoms with Crippen molar-refractivity contribution in [2.75, 3.05) is 20.3 Å². The van der Waals surface area contributed by atoms with E-state index in [0.29, 0.717) is 22.5 Å². The number of aromatic nitrogens is 2. The number of fused-ring (bicyclic) bond motifs is 1. The lowest BCUT2D eigenvalue weighted by molar-refractivity contribution is -0.123. The van der Waals surface area contributed by atoms with E-state index in [0.717, 1.165) is 0 Å². The molecule has 140 valence electrons. The zero-order chi connectivity index (χ0) is 19.2. The topological polar surface area (TPSA) is 102 Å². The first-order valence-corrected chi connectivity index (χ1v) is 8.34. The molecule has 3 rings (SSSR count). The van der Waals surface area contributed by atoms with Gasteiger partial charge in [0.25, 0.3) is 5.91 Å². The van der Waals surface area contributed by atoms with E-state index in [-0.39, 0.29) is 25.6 Å². The Labute approximate surface area is 154 Å². The van der Waals surface area contributed by atoms with Crippen LogP contribution in [0, 0.1) is 0 Å². The van der Waals surface area contributed by atoms with Crippen LogP contribution in [-0.2, 0) is 11.3 Å². The molecule has 0 bridgehead atoms. The molecule has 2 aromatic carbocycles. The molecule has 0 fully saturated rings. The summed E-state index contributed by atoms with van der Waals surface area (Å²) in [5, 5.41) is 2.67. The normalized spacial score (nSPS) is 10.6. The number of hydrogen-bond donors (Lipinski definition) is 2. The van der Waals surface area contributed by atoms with Crippen molar-refractivity contribution in [2.24, 2.45) is 0 Å². The maximum absolute atomic E-state index is 12.1. The number of nitrogens with zero attached hydrogens (tertiary/aromatic N) is 1. The van der Waals surface area contributed by atoms with Crippen LogP contribution in [0.25, 0.3) is 11.0 Å². The lowest BCUT2D eigenvalue weighted by Gasteiger charge is -2.12. The van der Waals surface area contributed by atoms with E-state index in [4.69, 9.17) is 9.47 Å². The number of benzene rings is 2. The Balaban J connectivity index is 1.61. The third-order valence-electron chi connectivity index (χ3n) is 3.97. The minimum Gasteiger partial charge on any atom is -0.493 e. The number of aromatic amines is 1. The van der Waals surface area contributed by atoms with Gasteiger partial charge >= 0.3 is 11.1 Å². The molecule has 8 heteroatoms. The zero-order valence-electron chi connectivity index (χ0n) is 14.7. The number of hydrogen-bond acceptors (Lipinski definition) is 5. The second-order valence-electron chi connectivity index (χ2n) is 5.72. The predicted molar refractivity (Wildman–Crippen MR) is 100 cm³/mol. The molecule has 0 unspecified atom stereocenters. The number of H-pyrrole nitrogens is 1. The summed E-state index contributed by atoms with van der Waals surface area (Å²) in [6, 6.07) is 14.0. The quantitative estimate of drug-likeness (QED) is 0.602. The molecule has 0 saturated carbocycles.